The average molecular weight is 278 g/mol. The summed E-state index contributed by atoms with van der Waals surface area (Å²) in [5.41, 5.74) is 10.3. The molecule has 3 aromatic rings. The molecular weight excluding hydrogens is 260 g/mol. The summed E-state index contributed by atoms with van der Waals surface area (Å²) in [6.07, 6.45) is 5.53. The smallest absolute Gasteiger partial charge is 0.131 e. The van der Waals surface area contributed by atoms with E-state index in [4.69, 9.17) is 10.8 Å². The molecule has 0 spiro atoms. The number of rotatable bonds is 4. The van der Waals surface area contributed by atoms with Gasteiger partial charge in [-0.15, -0.1) is 0 Å². The highest BCUT2D eigenvalue weighted by molar-refractivity contribution is 5.69. The van der Waals surface area contributed by atoms with Crippen molar-refractivity contribution in [1.82, 2.24) is 14.8 Å². The number of pyridine rings is 1. The van der Waals surface area contributed by atoms with Crippen molar-refractivity contribution in [2.75, 3.05) is 5.73 Å². The van der Waals surface area contributed by atoms with Crippen LogP contribution in [0, 0.1) is 0 Å². The number of hydrogen-bond acceptors (Lipinski definition) is 3. The zero-order valence-corrected chi connectivity index (χ0v) is 12.0. The van der Waals surface area contributed by atoms with Gasteiger partial charge in [0.1, 0.15) is 5.82 Å². The van der Waals surface area contributed by atoms with E-state index >= 15 is 0 Å². The summed E-state index contributed by atoms with van der Waals surface area (Å²) in [6, 6.07) is 13.9. The zero-order valence-electron chi connectivity index (χ0n) is 12.0. The number of para-hydroxylation sites is 1. The Kier molecular flexibility index (Phi) is 3.69. The van der Waals surface area contributed by atoms with E-state index < -0.39 is 0 Å². The summed E-state index contributed by atoms with van der Waals surface area (Å²) in [5.74, 6) is 0.710. The minimum absolute atomic E-state index is 0.710. The van der Waals surface area contributed by atoms with Gasteiger partial charge in [0.15, 0.2) is 0 Å². The van der Waals surface area contributed by atoms with E-state index in [1.54, 1.807) is 6.20 Å². The van der Waals surface area contributed by atoms with Gasteiger partial charge in [0.05, 0.1) is 11.4 Å². The highest BCUT2D eigenvalue weighted by Crippen LogP contribution is 2.29. The van der Waals surface area contributed by atoms with E-state index in [0.717, 1.165) is 35.3 Å². The van der Waals surface area contributed by atoms with Gasteiger partial charge in [-0.25, -0.2) is 4.68 Å². The first-order valence-corrected chi connectivity index (χ1v) is 7.14. The first-order chi connectivity index (χ1) is 10.3. The topological polar surface area (TPSA) is 56.7 Å². The van der Waals surface area contributed by atoms with Crippen molar-refractivity contribution in [3.05, 3.63) is 60.4 Å². The third-order valence-corrected chi connectivity index (χ3v) is 3.46. The Morgan fingerprint density at radius 3 is 2.57 bits per heavy atom. The second kappa shape index (κ2) is 5.79. The Balaban J connectivity index is 2.16. The molecule has 0 aliphatic carbocycles. The van der Waals surface area contributed by atoms with Gasteiger partial charge in [-0.05, 0) is 30.7 Å². The quantitative estimate of drug-likeness (QED) is 0.795. The number of nitrogens with two attached hydrogens (primary N) is 1. The molecule has 2 aromatic heterocycles. The first kappa shape index (κ1) is 13.4. The Morgan fingerprint density at radius 1 is 1.10 bits per heavy atom. The van der Waals surface area contributed by atoms with Crippen LogP contribution < -0.4 is 5.73 Å². The highest BCUT2D eigenvalue weighted by Gasteiger charge is 2.17. The fourth-order valence-corrected chi connectivity index (χ4v) is 2.46. The molecule has 0 saturated heterocycles. The number of benzene rings is 1. The minimum atomic E-state index is 0.710. The maximum Gasteiger partial charge on any atom is 0.131 e. The monoisotopic (exact) mass is 278 g/mol. The minimum Gasteiger partial charge on any atom is -0.383 e. The van der Waals surface area contributed by atoms with Crippen molar-refractivity contribution in [3.8, 4) is 16.9 Å². The third kappa shape index (κ3) is 2.52. The molecule has 4 nitrogen and oxygen atoms in total. The number of hydrogen-bond donors (Lipinski definition) is 1. The molecule has 0 atom stereocenters. The summed E-state index contributed by atoms with van der Waals surface area (Å²) in [6.45, 7) is 2.15. The van der Waals surface area contributed by atoms with E-state index in [1.165, 1.54) is 0 Å². The van der Waals surface area contributed by atoms with Gasteiger partial charge in [-0.2, -0.15) is 5.10 Å². The number of aromatic nitrogens is 3. The lowest BCUT2D eigenvalue weighted by Crippen LogP contribution is -2.02. The molecule has 0 saturated carbocycles. The molecule has 4 heteroatoms. The SMILES string of the molecule is CCCc1c(-c2cccnc2)nn(-c2ccccc2)c1N. The van der Waals surface area contributed by atoms with Crippen LogP contribution in [0.25, 0.3) is 16.9 Å². The van der Waals surface area contributed by atoms with E-state index in [9.17, 15) is 0 Å². The van der Waals surface area contributed by atoms with Gasteiger partial charge in [0.25, 0.3) is 0 Å². The predicted octanol–water partition coefficient (Wildman–Crippen LogP) is 3.47. The van der Waals surface area contributed by atoms with E-state index in [2.05, 4.69) is 11.9 Å². The molecule has 2 N–H and O–H groups in total. The van der Waals surface area contributed by atoms with Crippen molar-refractivity contribution in [3.63, 3.8) is 0 Å². The Hall–Kier alpha value is -2.62. The maximum atomic E-state index is 6.34. The molecule has 0 fully saturated rings. The standard InChI is InChI=1S/C17H18N4/c1-2-7-15-16(13-8-6-11-19-12-13)20-21(17(15)18)14-9-4-3-5-10-14/h3-6,8-12H,2,7,18H2,1H3. The second-order valence-corrected chi connectivity index (χ2v) is 4.95. The Morgan fingerprint density at radius 2 is 1.90 bits per heavy atom. The van der Waals surface area contributed by atoms with E-state index in [1.807, 2.05) is 53.3 Å². The van der Waals surface area contributed by atoms with Gasteiger partial charge < -0.3 is 5.73 Å². The second-order valence-electron chi connectivity index (χ2n) is 4.95. The molecule has 0 radical (unpaired) electrons. The number of anilines is 1. The molecule has 0 aliphatic rings. The molecule has 1 aromatic carbocycles. The highest BCUT2D eigenvalue weighted by atomic mass is 15.3. The van der Waals surface area contributed by atoms with Crippen LogP contribution in [0.1, 0.15) is 18.9 Å². The summed E-state index contributed by atoms with van der Waals surface area (Å²) in [4.78, 5) is 4.18. The molecule has 0 bridgehead atoms. The van der Waals surface area contributed by atoms with Crippen LogP contribution in [0.15, 0.2) is 54.9 Å². The zero-order chi connectivity index (χ0) is 14.7. The summed E-state index contributed by atoms with van der Waals surface area (Å²) < 4.78 is 1.81. The third-order valence-electron chi connectivity index (χ3n) is 3.46. The fourth-order valence-electron chi connectivity index (χ4n) is 2.46. The number of nitrogen functional groups attached to an aromatic ring is 1. The number of nitrogens with zero attached hydrogens (tertiary/aromatic N) is 3. The average Bonchev–Trinajstić information content (AvgIpc) is 2.87. The molecule has 3 rings (SSSR count). The van der Waals surface area contributed by atoms with Crippen LogP contribution in [-0.4, -0.2) is 14.8 Å². The Bertz CT molecular complexity index is 717. The van der Waals surface area contributed by atoms with Crippen LogP contribution in [0.2, 0.25) is 0 Å². The largest absolute Gasteiger partial charge is 0.383 e. The van der Waals surface area contributed by atoms with Crippen molar-refractivity contribution in [1.29, 1.82) is 0 Å². The van der Waals surface area contributed by atoms with Crippen LogP contribution >= 0.6 is 0 Å². The van der Waals surface area contributed by atoms with Gasteiger partial charge in [0, 0.05) is 23.5 Å². The summed E-state index contributed by atoms with van der Waals surface area (Å²) in [5, 5.41) is 4.72. The Labute approximate surface area is 124 Å². The lowest BCUT2D eigenvalue weighted by molar-refractivity contribution is 0.892. The molecule has 0 amide bonds. The molecule has 0 aliphatic heterocycles. The van der Waals surface area contributed by atoms with Crippen molar-refractivity contribution in [2.24, 2.45) is 0 Å². The van der Waals surface area contributed by atoms with Crippen molar-refractivity contribution >= 4 is 5.82 Å². The van der Waals surface area contributed by atoms with Crippen LogP contribution in [-0.2, 0) is 6.42 Å². The maximum absolute atomic E-state index is 6.34. The lowest BCUT2D eigenvalue weighted by Gasteiger charge is -2.04. The van der Waals surface area contributed by atoms with Crippen LogP contribution in [0.4, 0.5) is 5.82 Å². The van der Waals surface area contributed by atoms with Crippen LogP contribution in [0.5, 0.6) is 0 Å². The lowest BCUT2D eigenvalue weighted by atomic mass is 10.1. The predicted molar refractivity (Wildman–Crippen MR) is 85.2 cm³/mol. The van der Waals surface area contributed by atoms with E-state index in [0.29, 0.717) is 5.82 Å². The van der Waals surface area contributed by atoms with Gasteiger partial charge in [0.2, 0.25) is 0 Å². The van der Waals surface area contributed by atoms with Crippen molar-refractivity contribution < 1.29 is 0 Å². The first-order valence-electron chi connectivity index (χ1n) is 7.14. The van der Waals surface area contributed by atoms with E-state index in [-0.39, 0.29) is 0 Å². The molecular formula is C17H18N4. The van der Waals surface area contributed by atoms with Gasteiger partial charge >= 0.3 is 0 Å². The normalized spacial score (nSPS) is 10.7. The molecule has 2 heterocycles. The summed E-state index contributed by atoms with van der Waals surface area (Å²) >= 11 is 0. The van der Waals surface area contributed by atoms with Crippen LogP contribution in [0.3, 0.4) is 0 Å². The van der Waals surface area contributed by atoms with Crippen molar-refractivity contribution in [2.45, 2.75) is 19.8 Å². The molecule has 21 heavy (non-hydrogen) atoms. The van der Waals surface area contributed by atoms with Gasteiger partial charge in [-0.3, -0.25) is 4.98 Å². The molecule has 106 valence electrons. The molecule has 0 unspecified atom stereocenters. The van der Waals surface area contributed by atoms with Gasteiger partial charge in [-0.1, -0.05) is 31.5 Å². The summed E-state index contributed by atoms with van der Waals surface area (Å²) in [7, 11) is 0. The fraction of sp³-hybridized carbons (Fsp3) is 0.176.